The Kier molecular flexibility index (Phi) is 8.45. The van der Waals surface area contributed by atoms with E-state index in [1.807, 2.05) is 0 Å². The molecule has 0 bridgehead atoms. The van der Waals surface area contributed by atoms with E-state index in [1.165, 1.54) is 0 Å². The minimum atomic E-state index is -4.75. The molecule has 6 N–H and O–H groups in total. The molecule has 19 heavy (non-hydrogen) atoms. The average molecular weight is 326 g/mol. The standard InChI is InChI=1S/C6H16O11P2/c7-1-5(8)2-16-19(13,14)17-4-6(9)3-15-18(10,11)12/h5-9H,1-4H2,(H,13,14)(H2,10,11,12)/t5-,6-/m0/s1. The Balaban J connectivity index is 3.96. The van der Waals surface area contributed by atoms with Gasteiger partial charge in [-0.25, -0.2) is 9.13 Å². The van der Waals surface area contributed by atoms with Gasteiger partial charge < -0.3 is 30.0 Å². The monoisotopic (exact) mass is 326 g/mol. The number of aliphatic hydroxyl groups is 3. The van der Waals surface area contributed by atoms with Crippen molar-refractivity contribution < 1.29 is 52.7 Å². The summed E-state index contributed by atoms with van der Waals surface area (Å²) in [6, 6.07) is 0. The molecule has 0 aromatic rings. The second-order valence-electron chi connectivity index (χ2n) is 3.34. The zero-order chi connectivity index (χ0) is 15.1. The molecule has 0 fully saturated rings. The number of hydrogen-bond acceptors (Lipinski definition) is 8. The Morgan fingerprint density at radius 3 is 1.68 bits per heavy atom. The molecule has 0 aliphatic heterocycles. The highest BCUT2D eigenvalue weighted by Gasteiger charge is 2.25. The molecule has 3 atom stereocenters. The van der Waals surface area contributed by atoms with Gasteiger partial charge >= 0.3 is 15.6 Å². The summed E-state index contributed by atoms with van der Waals surface area (Å²) in [7, 11) is -9.31. The van der Waals surface area contributed by atoms with Gasteiger partial charge in [0.15, 0.2) is 0 Å². The summed E-state index contributed by atoms with van der Waals surface area (Å²) in [4.78, 5) is 25.7. The van der Waals surface area contributed by atoms with Crippen LogP contribution >= 0.6 is 15.6 Å². The Labute approximate surface area is 108 Å². The highest BCUT2D eigenvalue weighted by atomic mass is 31.2. The molecule has 0 heterocycles. The van der Waals surface area contributed by atoms with Gasteiger partial charge in [0, 0.05) is 0 Å². The van der Waals surface area contributed by atoms with E-state index in [0.29, 0.717) is 0 Å². The van der Waals surface area contributed by atoms with E-state index in [9.17, 15) is 9.13 Å². The first-order valence-electron chi connectivity index (χ1n) is 4.84. The fourth-order valence-corrected chi connectivity index (χ4v) is 1.84. The molecule has 0 saturated heterocycles. The zero-order valence-corrected chi connectivity index (χ0v) is 11.4. The third-order valence-corrected chi connectivity index (χ3v) is 2.94. The first kappa shape index (κ1) is 19.1. The van der Waals surface area contributed by atoms with Crippen LogP contribution in [0.1, 0.15) is 0 Å². The van der Waals surface area contributed by atoms with Gasteiger partial charge in [-0.2, -0.15) is 0 Å². The van der Waals surface area contributed by atoms with Crippen molar-refractivity contribution >= 4 is 15.6 Å². The predicted octanol–water partition coefficient (Wildman–Crippen LogP) is -2.06. The molecule has 0 aliphatic rings. The SMILES string of the molecule is O=P(O)(O)OC[C@H](O)COP(=O)(O)OC[C@@H](O)CO. The third kappa shape index (κ3) is 11.6. The minimum Gasteiger partial charge on any atom is -0.394 e. The lowest BCUT2D eigenvalue weighted by Gasteiger charge is -2.16. The van der Waals surface area contributed by atoms with Crippen LogP contribution in [0.5, 0.6) is 0 Å². The highest BCUT2D eigenvalue weighted by molar-refractivity contribution is 7.47. The van der Waals surface area contributed by atoms with Crippen molar-refractivity contribution in [3.63, 3.8) is 0 Å². The third-order valence-electron chi connectivity index (χ3n) is 1.51. The van der Waals surface area contributed by atoms with E-state index in [0.717, 1.165) is 0 Å². The van der Waals surface area contributed by atoms with E-state index < -0.39 is 54.3 Å². The second-order valence-corrected chi connectivity index (χ2v) is 6.03. The van der Waals surface area contributed by atoms with Crippen LogP contribution in [0.15, 0.2) is 0 Å². The second kappa shape index (κ2) is 8.40. The van der Waals surface area contributed by atoms with Gasteiger partial charge in [0.05, 0.1) is 26.4 Å². The molecule has 0 aromatic carbocycles. The van der Waals surface area contributed by atoms with Crippen molar-refractivity contribution in [3.8, 4) is 0 Å². The molecule has 0 rings (SSSR count). The van der Waals surface area contributed by atoms with Crippen LogP contribution in [0.3, 0.4) is 0 Å². The molecule has 1 unspecified atom stereocenters. The Morgan fingerprint density at radius 1 is 0.842 bits per heavy atom. The molecule has 0 radical (unpaired) electrons. The lowest BCUT2D eigenvalue weighted by molar-refractivity contribution is 0.0157. The van der Waals surface area contributed by atoms with Gasteiger partial charge in [-0.15, -0.1) is 0 Å². The van der Waals surface area contributed by atoms with Crippen LogP contribution in [0, 0.1) is 0 Å². The number of aliphatic hydroxyl groups excluding tert-OH is 3. The average Bonchev–Trinajstić information content (AvgIpc) is 2.30. The summed E-state index contributed by atoms with van der Waals surface area (Å²) in [6.45, 7) is -2.95. The van der Waals surface area contributed by atoms with Crippen molar-refractivity contribution in [3.05, 3.63) is 0 Å². The van der Waals surface area contributed by atoms with Crippen molar-refractivity contribution in [2.24, 2.45) is 0 Å². The number of hydrogen-bond donors (Lipinski definition) is 6. The highest BCUT2D eigenvalue weighted by Crippen LogP contribution is 2.43. The van der Waals surface area contributed by atoms with Crippen LogP contribution in [0.2, 0.25) is 0 Å². The fourth-order valence-electron chi connectivity index (χ4n) is 0.682. The molecular formula is C6H16O11P2. The van der Waals surface area contributed by atoms with Crippen LogP contribution < -0.4 is 0 Å². The normalized spacial score (nSPS) is 18.8. The van der Waals surface area contributed by atoms with Gasteiger partial charge in [0.1, 0.15) is 12.2 Å². The Hall–Kier alpha value is 0.1000. The smallest absolute Gasteiger partial charge is 0.394 e. The molecule has 0 spiro atoms. The Bertz CT molecular complexity index is 340. The van der Waals surface area contributed by atoms with E-state index in [2.05, 4.69) is 13.6 Å². The van der Waals surface area contributed by atoms with Crippen molar-refractivity contribution in [2.45, 2.75) is 12.2 Å². The van der Waals surface area contributed by atoms with Crippen LogP contribution in [-0.4, -0.2) is 68.6 Å². The van der Waals surface area contributed by atoms with Gasteiger partial charge in [-0.3, -0.25) is 13.6 Å². The number of phosphoric acid groups is 2. The first-order valence-corrected chi connectivity index (χ1v) is 7.87. The predicted molar refractivity (Wildman–Crippen MR) is 58.8 cm³/mol. The number of rotatable bonds is 10. The summed E-state index contributed by atoms with van der Waals surface area (Å²) in [5, 5.41) is 26.4. The first-order chi connectivity index (χ1) is 8.56. The summed E-state index contributed by atoms with van der Waals surface area (Å²) in [5.41, 5.74) is 0. The van der Waals surface area contributed by atoms with Crippen LogP contribution in [0.25, 0.3) is 0 Å². The summed E-state index contributed by atoms with van der Waals surface area (Å²) in [6.07, 6.45) is -2.94. The van der Waals surface area contributed by atoms with Gasteiger partial charge in [-0.05, 0) is 0 Å². The van der Waals surface area contributed by atoms with Crippen molar-refractivity contribution in [1.29, 1.82) is 0 Å². The summed E-state index contributed by atoms with van der Waals surface area (Å²) < 4.78 is 33.9. The van der Waals surface area contributed by atoms with E-state index in [1.54, 1.807) is 0 Å². The molecule has 0 saturated carbocycles. The Morgan fingerprint density at radius 2 is 1.26 bits per heavy atom. The molecular weight excluding hydrogens is 310 g/mol. The van der Waals surface area contributed by atoms with Crippen molar-refractivity contribution in [1.82, 2.24) is 0 Å². The maximum atomic E-state index is 11.2. The number of phosphoric ester groups is 2. The van der Waals surface area contributed by atoms with Gasteiger partial charge in [-0.1, -0.05) is 0 Å². The molecule has 11 nitrogen and oxygen atoms in total. The zero-order valence-electron chi connectivity index (χ0n) is 9.60. The maximum absolute atomic E-state index is 11.2. The van der Waals surface area contributed by atoms with Crippen LogP contribution in [0.4, 0.5) is 0 Å². The summed E-state index contributed by atoms with van der Waals surface area (Å²) in [5.74, 6) is 0. The quantitative estimate of drug-likeness (QED) is 0.243. The van der Waals surface area contributed by atoms with E-state index >= 15 is 0 Å². The van der Waals surface area contributed by atoms with E-state index in [4.69, 9.17) is 30.0 Å². The fraction of sp³-hybridized carbons (Fsp3) is 1.00. The van der Waals surface area contributed by atoms with Crippen molar-refractivity contribution in [2.75, 3.05) is 26.4 Å². The van der Waals surface area contributed by atoms with Gasteiger partial charge in [0.25, 0.3) is 0 Å². The molecule has 13 heteroatoms. The maximum Gasteiger partial charge on any atom is 0.472 e. The lowest BCUT2D eigenvalue weighted by atomic mass is 10.4. The molecule has 0 aliphatic carbocycles. The molecule has 0 amide bonds. The van der Waals surface area contributed by atoms with Gasteiger partial charge in [0.2, 0.25) is 0 Å². The summed E-state index contributed by atoms with van der Waals surface area (Å²) >= 11 is 0. The molecule has 0 aromatic heterocycles. The lowest BCUT2D eigenvalue weighted by Crippen LogP contribution is -2.22. The van der Waals surface area contributed by atoms with Crippen LogP contribution in [-0.2, 0) is 22.7 Å². The largest absolute Gasteiger partial charge is 0.472 e. The minimum absolute atomic E-state index is 0.667. The molecule has 116 valence electrons. The topological polar surface area (TPSA) is 183 Å². The van der Waals surface area contributed by atoms with E-state index in [-0.39, 0.29) is 0 Å².